The molecule has 15 heavy (non-hydrogen) atoms. The predicted molar refractivity (Wildman–Crippen MR) is 65.5 cm³/mol. The van der Waals surface area contributed by atoms with Crippen molar-refractivity contribution in [1.82, 2.24) is 0 Å². The topological polar surface area (TPSA) is 38.5 Å². The van der Waals surface area contributed by atoms with E-state index in [0.717, 1.165) is 28.9 Å². The van der Waals surface area contributed by atoms with E-state index in [0.29, 0.717) is 12.6 Å². The highest BCUT2D eigenvalue weighted by Gasteiger charge is 2.23. The van der Waals surface area contributed by atoms with Crippen molar-refractivity contribution in [3.8, 4) is 5.75 Å². The first kappa shape index (κ1) is 10.8. The van der Waals surface area contributed by atoms with E-state index in [-0.39, 0.29) is 0 Å². The van der Waals surface area contributed by atoms with Crippen LogP contribution in [0.1, 0.15) is 6.42 Å². The number of benzene rings is 1. The summed E-state index contributed by atoms with van der Waals surface area (Å²) in [5.41, 5.74) is 6.72. The second kappa shape index (κ2) is 4.41. The first-order valence-electron chi connectivity index (χ1n) is 5.07. The van der Waals surface area contributed by atoms with Gasteiger partial charge in [-0.25, -0.2) is 0 Å². The Morgan fingerprint density at radius 2 is 2.40 bits per heavy atom. The molecule has 1 heterocycles. The van der Waals surface area contributed by atoms with Crippen molar-refractivity contribution >= 4 is 21.6 Å². The second-order valence-corrected chi connectivity index (χ2v) is 4.68. The van der Waals surface area contributed by atoms with Crippen LogP contribution in [-0.4, -0.2) is 26.2 Å². The van der Waals surface area contributed by atoms with Crippen LogP contribution in [0.5, 0.6) is 5.75 Å². The molecule has 0 fully saturated rings. The van der Waals surface area contributed by atoms with Crippen LogP contribution in [0.3, 0.4) is 0 Å². The molecule has 1 unspecified atom stereocenters. The molecule has 0 bridgehead atoms. The molecule has 1 atom stereocenters. The van der Waals surface area contributed by atoms with Crippen LogP contribution in [-0.2, 0) is 0 Å². The van der Waals surface area contributed by atoms with E-state index in [9.17, 15) is 0 Å². The van der Waals surface area contributed by atoms with E-state index in [1.54, 1.807) is 0 Å². The summed E-state index contributed by atoms with van der Waals surface area (Å²) in [5, 5.41) is 0. The average molecular weight is 271 g/mol. The summed E-state index contributed by atoms with van der Waals surface area (Å²) < 4.78 is 6.76. The fourth-order valence-electron chi connectivity index (χ4n) is 1.86. The van der Waals surface area contributed by atoms with Gasteiger partial charge in [-0.05, 0) is 31.2 Å². The van der Waals surface area contributed by atoms with Gasteiger partial charge in [0.1, 0.15) is 12.4 Å². The molecule has 0 saturated heterocycles. The lowest BCUT2D eigenvalue weighted by molar-refractivity contribution is 0.261. The Morgan fingerprint density at radius 1 is 1.60 bits per heavy atom. The third kappa shape index (κ3) is 2.11. The van der Waals surface area contributed by atoms with Gasteiger partial charge < -0.3 is 15.4 Å². The number of hydrogen-bond acceptors (Lipinski definition) is 3. The molecule has 0 amide bonds. The molecule has 1 aromatic carbocycles. The summed E-state index contributed by atoms with van der Waals surface area (Å²) in [6.45, 7) is 1.42. The maximum absolute atomic E-state index is 5.71. The number of ether oxygens (including phenoxy) is 1. The molecule has 2 rings (SSSR count). The molecule has 0 radical (unpaired) electrons. The van der Waals surface area contributed by atoms with Gasteiger partial charge in [-0.1, -0.05) is 15.9 Å². The molecule has 0 saturated carbocycles. The molecule has 2 N–H and O–H groups in total. The molecular weight excluding hydrogens is 256 g/mol. The van der Waals surface area contributed by atoms with Crippen LogP contribution in [0.2, 0.25) is 0 Å². The van der Waals surface area contributed by atoms with Crippen molar-refractivity contribution < 1.29 is 4.74 Å². The largest absolute Gasteiger partial charge is 0.489 e. The fraction of sp³-hybridized carbons (Fsp3) is 0.455. The molecule has 0 aromatic heterocycles. The van der Waals surface area contributed by atoms with Crippen LogP contribution >= 0.6 is 15.9 Å². The van der Waals surface area contributed by atoms with Gasteiger partial charge in [0.05, 0.1) is 11.7 Å². The number of halogens is 1. The highest BCUT2D eigenvalue weighted by molar-refractivity contribution is 9.10. The number of likely N-dealkylation sites (N-methyl/N-ethyl adjacent to an activating group) is 1. The molecule has 4 heteroatoms. The first-order chi connectivity index (χ1) is 7.22. The number of rotatable bonds is 2. The van der Waals surface area contributed by atoms with Crippen molar-refractivity contribution in [3.63, 3.8) is 0 Å². The number of anilines is 1. The summed E-state index contributed by atoms with van der Waals surface area (Å²) in [4.78, 5) is 2.25. The summed E-state index contributed by atoms with van der Waals surface area (Å²) in [7, 11) is 2.09. The van der Waals surface area contributed by atoms with E-state index < -0.39 is 0 Å². The molecule has 82 valence electrons. The maximum atomic E-state index is 5.71. The van der Waals surface area contributed by atoms with E-state index in [4.69, 9.17) is 10.5 Å². The Balaban J connectivity index is 2.26. The van der Waals surface area contributed by atoms with Gasteiger partial charge in [0, 0.05) is 11.5 Å². The molecular formula is C11H15BrN2O. The smallest absolute Gasteiger partial charge is 0.143 e. The van der Waals surface area contributed by atoms with E-state index >= 15 is 0 Å². The Morgan fingerprint density at radius 3 is 3.13 bits per heavy atom. The molecule has 1 aliphatic heterocycles. The first-order valence-corrected chi connectivity index (χ1v) is 5.87. The van der Waals surface area contributed by atoms with Crippen LogP contribution in [0.15, 0.2) is 22.7 Å². The molecule has 1 aliphatic rings. The van der Waals surface area contributed by atoms with Crippen LogP contribution in [0.4, 0.5) is 5.69 Å². The number of fused-ring (bicyclic) bond motifs is 1. The van der Waals surface area contributed by atoms with Crippen LogP contribution < -0.4 is 15.4 Å². The van der Waals surface area contributed by atoms with Gasteiger partial charge >= 0.3 is 0 Å². The normalized spacial score (nSPS) is 19.7. The lowest BCUT2D eigenvalue weighted by atomic mass is 10.1. The van der Waals surface area contributed by atoms with Crippen molar-refractivity contribution in [2.45, 2.75) is 12.5 Å². The minimum atomic E-state index is 0.392. The Bertz CT molecular complexity index is 356. The van der Waals surface area contributed by atoms with Gasteiger partial charge in [-0.3, -0.25) is 0 Å². The molecule has 3 nitrogen and oxygen atoms in total. The fourth-order valence-corrected chi connectivity index (χ4v) is 2.20. The van der Waals surface area contributed by atoms with Gasteiger partial charge in [0.15, 0.2) is 0 Å². The van der Waals surface area contributed by atoms with Gasteiger partial charge in [-0.15, -0.1) is 0 Å². The lowest BCUT2D eigenvalue weighted by Gasteiger charge is -2.35. The minimum absolute atomic E-state index is 0.392. The highest BCUT2D eigenvalue weighted by atomic mass is 79.9. The third-order valence-electron chi connectivity index (χ3n) is 2.78. The summed E-state index contributed by atoms with van der Waals surface area (Å²) in [5.74, 6) is 0.945. The zero-order valence-corrected chi connectivity index (χ0v) is 10.3. The minimum Gasteiger partial charge on any atom is -0.489 e. The maximum Gasteiger partial charge on any atom is 0.143 e. The van der Waals surface area contributed by atoms with Crippen molar-refractivity contribution in [2.75, 3.05) is 25.1 Å². The van der Waals surface area contributed by atoms with Gasteiger partial charge in [0.25, 0.3) is 0 Å². The quantitative estimate of drug-likeness (QED) is 0.894. The third-order valence-corrected chi connectivity index (χ3v) is 3.27. The van der Waals surface area contributed by atoms with Crippen LogP contribution in [0, 0.1) is 0 Å². The van der Waals surface area contributed by atoms with Crippen molar-refractivity contribution in [2.24, 2.45) is 5.73 Å². The van der Waals surface area contributed by atoms with E-state index in [1.165, 1.54) is 0 Å². The lowest BCUT2D eigenvalue weighted by Crippen LogP contribution is -2.41. The zero-order chi connectivity index (χ0) is 10.8. The summed E-state index contributed by atoms with van der Waals surface area (Å²) in [6.07, 6.45) is 0.964. The predicted octanol–water partition coefficient (Wildman–Crippen LogP) is 2.00. The van der Waals surface area contributed by atoms with Gasteiger partial charge in [0.2, 0.25) is 0 Å². The summed E-state index contributed by atoms with van der Waals surface area (Å²) in [6, 6.07) is 6.50. The standard InChI is InChI=1S/C11H15BrN2O/c1-14-9(4-5-13)7-15-11-6-8(12)2-3-10(11)14/h2-3,6,9H,4-5,7,13H2,1H3. The van der Waals surface area contributed by atoms with Gasteiger partial charge in [-0.2, -0.15) is 0 Å². The van der Waals surface area contributed by atoms with E-state index in [1.807, 2.05) is 12.1 Å². The molecule has 0 aliphatic carbocycles. The second-order valence-electron chi connectivity index (χ2n) is 3.77. The van der Waals surface area contributed by atoms with Crippen molar-refractivity contribution in [3.05, 3.63) is 22.7 Å². The van der Waals surface area contributed by atoms with E-state index in [2.05, 4.69) is 33.9 Å². The zero-order valence-electron chi connectivity index (χ0n) is 8.74. The Hall–Kier alpha value is -0.740. The van der Waals surface area contributed by atoms with Crippen LogP contribution in [0.25, 0.3) is 0 Å². The number of hydrogen-bond donors (Lipinski definition) is 1. The average Bonchev–Trinajstić information content (AvgIpc) is 2.22. The monoisotopic (exact) mass is 270 g/mol. The summed E-state index contributed by atoms with van der Waals surface area (Å²) >= 11 is 3.44. The molecule has 1 aromatic rings. The number of nitrogens with zero attached hydrogens (tertiary/aromatic N) is 1. The SMILES string of the molecule is CN1c2ccc(Br)cc2OCC1CCN. The Kier molecular flexibility index (Phi) is 3.17. The molecule has 0 spiro atoms. The van der Waals surface area contributed by atoms with Crippen molar-refractivity contribution in [1.29, 1.82) is 0 Å². The number of nitrogens with two attached hydrogens (primary N) is 1. The highest BCUT2D eigenvalue weighted by Crippen LogP contribution is 2.35. The Labute approximate surface area is 98.3 Å².